The van der Waals surface area contributed by atoms with Gasteiger partial charge in [0, 0.05) is 64.5 Å². The van der Waals surface area contributed by atoms with Gasteiger partial charge in [-0.1, -0.05) is 12.8 Å². The lowest BCUT2D eigenvalue weighted by Gasteiger charge is -2.34. The summed E-state index contributed by atoms with van der Waals surface area (Å²) in [6, 6.07) is 8.00. The molecule has 1 saturated heterocycles. The number of fused-ring (bicyclic) bond motifs is 1. The lowest BCUT2D eigenvalue weighted by Crippen LogP contribution is -2.50. The minimum absolute atomic E-state index is 0.0502. The molecule has 5 N–H and O–H groups in total. The molecule has 0 aromatic heterocycles. The van der Waals surface area contributed by atoms with Crippen LogP contribution in [0.25, 0.3) is 0 Å². The van der Waals surface area contributed by atoms with Gasteiger partial charge in [-0.3, -0.25) is 24.7 Å². The predicted octanol–water partition coefficient (Wildman–Crippen LogP) is 4.69. The second-order valence-electron chi connectivity index (χ2n) is 17.0. The molecule has 4 rings (SSSR count). The standard InChI is InChI=1S/C47H77N6O14PS2/c1-36-40-16-15-39(67-47(58)49-18-6-4-5-7-25-66-68(59,69)60-2)9-8-10-41(40)45(51-50-36)37-11-13-38(14-12-37)65-34-33-64-32-31-63-30-29-62-28-27-61-26-17-43(54)53-23-21-52(22-24-53)20-19-48-46(57)42(70-3)35-44(55)56/h11-14,39,41-42,50H,4-10,15-35H2,1-3H3,(H,48,57)(H,49,58)(H,55,56)(H,59,69). The fourth-order valence-corrected chi connectivity index (χ4v) is 9.41. The number of hydrogen-bond donors (Lipinski definition) is 5. The molecule has 4 atom stereocenters. The summed E-state index contributed by atoms with van der Waals surface area (Å²) in [5.74, 6) is -0.276. The van der Waals surface area contributed by atoms with Gasteiger partial charge in [-0.15, -0.1) is 0 Å². The number of carboxylic acids is 1. The van der Waals surface area contributed by atoms with Crippen LogP contribution in [0.4, 0.5) is 4.79 Å². The van der Waals surface area contributed by atoms with E-state index in [1.54, 1.807) is 6.26 Å². The molecule has 4 unspecified atom stereocenters. The largest absolute Gasteiger partial charge is 0.491 e. The summed E-state index contributed by atoms with van der Waals surface area (Å²) in [6.45, 7) is 7.24. The van der Waals surface area contributed by atoms with Gasteiger partial charge in [-0.25, -0.2) is 4.79 Å². The summed E-state index contributed by atoms with van der Waals surface area (Å²) in [5, 5.41) is 18.8. The first-order chi connectivity index (χ1) is 33.9. The third kappa shape index (κ3) is 23.4. The van der Waals surface area contributed by atoms with Gasteiger partial charge in [-0.05, 0) is 105 Å². The summed E-state index contributed by atoms with van der Waals surface area (Å²) < 4.78 is 44.2. The van der Waals surface area contributed by atoms with Crippen LogP contribution < -0.4 is 20.8 Å². The van der Waals surface area contributed by atoms with Gasteiger partial charge in [0.1, 0.15) is 18.5 Å². The first kappa shape index (κ1) is 59.2. The van der Waals surface area contributed by atoms with E-state index in [2.05, 4.69) is 27.9 Å². The Morgan fingerprint density at radius 1 is 0.857 bits per heavy atom. The Bertz CT molecular complexity index is 1840. The molecule has 2 aliphatic heterocycles. The minimum atomic E-state index is -3.10. The van der Waals surface area contributed by atoms with Crippen LogP contribution in [0.1, 0.15) is 83.1 Å². The molecule has 70 heavy (non-hydrogen) atoms. The lowest BCUT2D eigenvalue weighted by atomic mass is 9.79. The maximum absolute atomic E-state index is 12.6. The Labute approximate surface area is 422 Å². The van der Waals surface area contributed by atoms with Crippen molar-refractivity contribution in [1.82, 2.24) is 25.9 Å². The first-order valence-corrected chi connectivity index (χ1v) is 28.3. The highest BCUT2D eigenvalue weighted by Gasteiger charge is 2.31. The predicted molar refractivity (Wildman–Crippen MR) is 271 cm³/mol. The number of unbranched alkanes of at least 4 members (excludes halogenated alkanes) is 3. The molecule has 396 valence electrons. The number of thioether (sulfide) groups is 1. The molecule has 0 bridgehead atoms. The van der Waals surface area contributed by atoms with Crippen molar-refractivity contribution in [2.75, 3.05) is 125 Å². The molecule has 3 amide bonds. The molecule has 3 aliphatic rings. The Kier molecular flexibility index (Phi) is 28.8. The number of aliphatic carboxylic acids is 1. The molecule has 2 heterocycles. The number of hydrogen-bond acceptors (Lipinski definition) is 17. The number of carbonyl (C=O) groups is 4. The maximum atomic E-state index is 12.6. The molecular weight excluding hydrogens is 968 g/mol. The third-order valence-corrected chi connectivity index (χ3v) is 14.7. The number of ether oxygens (including phenoxy) is 6. The number of nitrogens with zero attached hydrogens (tertiary/aromatic N) is 3. The summed E-state index contributed by atoms with van der Waals surface area (Å²) in [4.78, 5) is 62.0. The molecule has 20 nitrogen and oxygen atoms in total. The number of nitrogens with one attached hydrogen (secondary N) is 3. The van der Waals surface area contributed by atoms with Crippen molar-refractivity contribution in [2.45, 2.75) is 88.9 Å². The number of carbonyl (C=O) groups excluding carboxylic acids is 3. The second kappa shape index (κ2) is 34.1. The average Bonchev–Trinajstić information content (AvgIpc) is 3.34. The monoisotopic (exact) mass is 1040 g/mol. The van der Waals surface area contributed by atoms with Crippen LogP contribution in [-0.4, -0.2) is 186 Å². The van der Waals surface area contributed by atoms with E-state index in [0.717, 1.165) is 80.5 Å². The van der Waals surface area contributed by atoms with Crippen LogP contribution in [0.2, 0.25) is 0 Å². The van der Waals surface area contributed by atoms with Gasteiger partial charge in [0.25, 0.3) is 0 Å². The zero-order valence-electron chi connectivity index (χ0n) is 41.2. The summed E-state index contributed by atoms with van der Waals surface area (Å²) >= 11 is 6.05. The van der Waals surface area contributed by atoms with Crippen LogP contribution in [0, 0.1) is 5.92 Å². The van der Waals surface area contributed by atoms with E-state index in [1.165, 1.54) is 24.4 Å². The summed E-state index contributed by atoms with van der Waals surface area (Å²) in [6.07, 6.45) is 8.86. The van der Waals surface area contributed by atoms with E-state index < -0.39 is 17.9 Å². The number of hydrazone groups is 1. The highest BCUT2D eigenvalue weighted by atomic mass is 32.5. The van der Waals surface area contributed by atoms with Crippen LogP contribution in [0.5, 0.6) is 5.75 Å². The van der Waals surface area contributed by atoms with Crippen molar-refractivity contribution in [1.29, 1.82) is 0 Å². The number of carboxylic acid groups (broad SMARTS) is 1. The number of benzene rings is 1. The SMILES string of the molecule is COP(O)(=S)OCCCCCCNC(=O)OC1CCCC2C(c3ccc(OCCOCCOCCOCCOCCC(=O)N4CCN(CCNC(=O)C(CC(=O)O)SC)CC4)cc3)=NNC(C)=C2CC1. The van der Waals surface area contributed by atoms with Crippen molar-refractivity contribution in [3.63, 3.8) is 0 Å². The van der Waals surface area contributed by atoms with Gasteiger partial charge in [0.2, 0.25) is 11.8 Å². The molecule has 1 saturated carbocycles. The van der Waals surface area contributed by atoms with Crippen LogP contribution in [0.15, 0.2) is 40.6 Å². The van der Waals surface area contributed by atoms with E-state index >= 15 is 0 Å². The molecule has 1 aliphatic carbocycles. The average molecular weight is 1050 g/mol. The number of alkyl carbamates (subject to hydrolysis) is 1. The van der Waals surface area contributed by atoms with E-state index in [9.17, 15) is 24.1 Å². The van der Waals surface area contributed by atoms with Gasteiger partial charge in [-0.2, -0.15) is 16.9 Å². The molecule has 0 spiro atoms. The van der Waals surface area contributed by atoms with Crippen LogP contribution >= 0.6 is 18.5 Å². The van der Waals surface area contributed by atoms with E-state index in [0.29, 0.717) is 118 Å². The summed E-state index contributed by atoms with van der Waals surface area (Å²) in [5.41, 5.74) is 7.64. The van der Waals surface area contributed by atoms with E-state index in [4.69, 9.17) is 59.5 Å². The molecule has 1 aromatic carbocycles. The lowest BCUT2D eigenvalue weighted by molar-refractivity contribution is -0.138. The Morgan fingerprint density at radius 3 is 2.17 bits per heavy atom. The molecular formula is C47H77N6O14PS2. The van der Waals surface area contributed by atoms with E-state index in [-0.39, 0.29) is 36.4 Å². The molecule has 23 heteroatoms. The smallest absolute Gasteiger partial charge is 0.407 e. The molecule has 2 fully saturated rings. The van der Waals surface area contributed by atoms with Gasteiger partial charge < -0.3 is 63.0 Å². The van der Waals surface area contributed by atoms with Gasteiger partial charge in [0.05, 0.1) is 83.3 Å². The zero-order valence-corrected chi connectivity index (χ0v) is 43.8. The number of rotatable bonds is 34. The van der Waals surface area contributed by atoms with Crippen molar-refractivity contribution in [3.8, 4) is 5.75 Å². The van der Waals surface area contributed by atoms with Crippen LogP contribution in [0.3, 0.4) is 0 Å². The van der Waals surface area contributed by atoms with Crippen molar-refractivity contribution in [3.05, 3.63) is 41.1 Å². The molecule has 1 aromatic rings. The Morgan fingerprint density at radius 2 is 1.51 bits per heavy atom. The minimum Gasteiger partial charge on any atom is -0.491 e. The van der Waals surface area contributed by atoms with Crippen molar-refractivity contribution in [2.24, 2.45) is 11.0 Å². The Balaban J connectivity index is 0.956. The highest BCUT2D eigenvalue weighted by Crippen LogP contribution is 2.42. The van der Waals surface area contributed by atoms with Crippen molar-refractivity contribution < 1.29 is 66.6 Å². The number of amides is 3. The number of piperazine rings is 1. The Hall–Kier alpha value is -3.41. The summed E-state index contributed by atoms with van der Waals surface area (Å²) in [7, 11) is 1.34. The molecule has 0 radical (unpaired) electrons. The quantitative estimate of drug-likeness (QED) is 0.0465. The maximum Gasteiger partial charge on any atom is 0.407 e. The topological polar surface area (TPSA) is 238 Å². The fourth-order valence-electron chi connectivity index (χ4n) is 8.12. The number of allylic oxidation sites excluding steroid dienone is 2. The van der Waals surface area contributed by atoms with Gasteiger partial charge >= 0.3 is 18.8 Å². The van der Waals surface area contributed by atoms with Gasteiger partial charge in [0.15, 0.2) is 0 Å². The normalized spacial score (nSPS) is 18.9. The fraction of sp³-hybridized carbons (Fsp3) is 0.723. The zero-order chi connectivity index (χ0) is 50.4. The van der Waals surface area contributed by atoms with E-state index in [1.807, 2.05) is 29.2 Å². The highest BCUT2D eigenvalue weighted by molar-refractivity contribution is 8.07. The second-order valence-corrected chi connectivity index (χ2v) is 21.0. The van der Waals surface area contributed by atoms with Crippen molar-refractivity contribution >= 4 is 59.9 Å². The van der Waals surface area contributed by atoms with Crippen LogP contribution in [-0.2, 0) is 58.9 Å². The third-order valence-electron chi connectivity index (χ3n) is 12.0. The first-order valence-electron chi connectivity index (χ1n) is 24.5.